The Balaban J connectivity index is 0.00000169. The molecule has 0 N–H and O–H groups in total. The first-order valence-electron chi connectivity index (χ1n) is 5.05. The van der Waals surface area contributed by atoms with Gasteiger partial charge in [-0.05, 0) is 8.07 Å². The number of rotatable bonds is 2. The van der Waals surface area contributed by atoms with E-state index < -0.39 is 16.1 Å². The maximum Gasteiger partial charge on any atom is 0.0394 e. The predicted molar refractivity (Wildman–Crippen MR) is 66.1 cm³/mol. The molecule has 0 aromatic carbocycles. The van der Waals surface area contributed by atoms with E-state index in [1.54, 1.807) is 10.4 Å². The Hall–Kier alpha value is 0.628. The summed E-state index contributed by atoms with van der Waals surface area (Å²) in [6.45, 7) is 14.6. The Morgan fingerprint density at radius 2 is 1.50 bits per heavy atom. The van der Waals surface area contributed by atoms with Gasteiger partial charge in [-0.2, -0.15) is 6.08 Å². The van der Waals surface area contributed by atoms with Gasteiger partial charge in [-0.1, -0.05) is 39.3 Å². The smallest absolute Gasteiger partial charge is 0.0394 e. The average molecular weight is 257 g/mol. The summed E-state index contributed by atoms with van der Waals surface area (Å²) < 4.78 is 0. The van der Waals surface area contributed by atoms with Crippen LogP contribution in [0.3, 0.4) is 0 Å². The minimum Gasteiger partial charge on any atom is -0.273 e. The van der Waals surface area contributed by atoms with Crippen LogP contribution in [0, 0.1) is 6.08 Å². The molecule has 14 heavy (non-hydrogen) atoms. The molecule has 0 unspecified atom stereocenters. The normalized spacial score (nSPS) is 17.3. The molecule has 1 aliphatic rings. The zero-order valence-electron chi connectivity index (χ0n) is 10.3. The summed E-state index contributed by atoms with van der Waals surface area (Å²) in [6, 6.07) is 0. The van der Waals surface area contributed by atoms with E-state index in [4.69, 9.17) is 0 Å². The molecule has 1 aliphatic carbocycles. The molecule has 0 bridgehead atoms. The monoisotopic (exact) mass is 257 g/mol. The fourth-order valence-corrected chi connectivity index (χ4v) is 7.15. The molecule has 0 amide bonds. The molecule has 1 rings (SSSR count). The van der Waals surface area contributed by atoms with Crippen LogP contribution in [-0.4, -0.2) is 16.1 Å². The van der Waals surface area contributed by atoms with Crippen molar-refractivity contribution in [1.82, 2.24) is 0 Å². The van der Waals surface area contributed by atoms with E-state index in [2.05, 4.69) is 51.4 Å². The van der Waals surface area contributed by atoms with Crippen LogP contribution in [0.1, 0.15) is 6.42 Å². The molecule has 3 heteroatoms. The van der Waals surface area contributed by atoms with Crippen molar-refractivity contribution >= 4 is 16.1 Å². The van der Waals surface area contributed by atoms with Crippen molar-refractivity contribution in [2.75, 3.05) is 0 Å². The van der Waals surface area contributed by atoms with E-state index in [9.17, 15) is 0 Å². The van der Waals surface area contributed by atoms with Crippen molar-refractivity contribution in [2.24, 2.45) is 0 Å². The minimum atomic E-state index is -1.13. The van der Waals surface area contributed by atoms with Crippen LogP contribution >= 0.6 is 0 Å². The van der Waals surface area contributed by atoms with Crippen molar-refractivity contribution in [3.05, 3.63) is 22.5 Å². The largest absolute Gasteiger partial charge is 0.273 e. The summed E-state index contributed by atoms with van der Waals surface area (Å²) in [5.41, 5.74) is 0. The Kier molecular flexibility index (Phi) is 4.85. The van der Waals surface area contributed by atoms with Crippen molar-refractivity contribution in [3.63, 3.8) is 0 Å². The van der Waals surface area contributed by atoms with Crippen LogP contribution in [0.5, 0.6) is 0 Å². The third-order valence-corrected chi connectivity index (χ3v) is 6.68. The molecule has 0 aromatic heterocycles. The van der Waals surface area contributed by atoms with Gasteiger partial charge in [-0.15, -0.1) is 6.42 Å². The van der Waals surface area contributed by atoms with Gasteiger partial charge in [0, 0.05) is 29.8 Å². The van der Waals surface area contributed by atoms with Gasteiger partial charge in [0.05, 0.1) is 0 Å². The molecule has 0 saturated heterocycles. The molecule has 0 heterocycles. The maximum absolute atomic E-state index is 3.57. The number of hydrogen-bond donors (Lipinski definition) is 0. The van der Waals surface area contributed by atoms with Gasteiger partial charge in [-0.25, -0.2) is 10.4 Å². The topological polar surface area (TPSA) is 0 Å². The second-order valence-electron chi connectivity index (χ2n) is 5.87. The second-order valence-corrected chi connectivity index (χ2v) is 15.9. The van der Waals surface area contributed by atoms with E-state index >= 15 is 0 Å². The molecule has 0 fully saturated rings. The van der Waals surface area contributed by atoms with Gasteiger partial charge in [0.15, 0.2) is 0 Å². The molecule has 0 aliphatic heterocycles. The van der Waals surface area contributed by atoms with E-state index in [0.29, 0.717) is 0 Å². The quantitative estimate of drug-likeness (QED) is 0.521. The molecule has 0 radical (unpaired) electrons. The molecule has 0 aromatic rings. The van der Waals surface area contributed by atoms with E-state index in [-0.39, 0.29) is 21.7 Å². The van der Waals surface area contributed by atoms with Gasteiger partial charge < -0.3 is 0 Å². The SMILES string of the molecule is C[Si](C)(C)C1=[C-]CC=C1[Si](C)(C)C.[Ti]. The fourth-order valence-electron chi connectivity index (χ4n) is 1.80. The first kappa shape index (κ1) is 14.6. The van der Waals surface area contributed by atoms with Crippen molar-refractivity contribution in [3.8, 4) is 0 Å². The fraction of sp³-hybridized carbons (Fsp3) is 0.636. The summed E-state index contributed by atoms with van der Waals surface area (Å²) in [6.07, 6.45) is 7.06. The van der Waals surface area contributed by atoms with Crippen molar-refractivity contribution < 1.29 is 21.7 Å². The second kappa shape index (κ2) is 4.65. The van der Waals surface area contributed by atoms with Gasteiger partial charge in [0.2, 0.25) is 0 Å². The summed E-state index contributed by atoms with van der Waals surface area (Å²) in [5.74, 6) is 0. The molecule has 0 nitrogen and oxygen atoms in total. The summed E-state index contributed by atoms with van der Waals surface area (Å²) in [7, 11) is -2.23. The van der Waals surface area contributed by atoms with Crippen molar-refractivity contribution in [2.45, 2.75) is 45.7 Å². The van der Waals surface area contributed by atoms with Gasteiger partial charge in [0.25, 0.3) is 0 Å². The van der Waals surface area contributed by atoms with E-state index in [0.717, 1.165) is 6.42 Å². The van der Waals surface area contributed by atoms with Gasteiger partial charge in [0.1, 0.15) is 0 Å². The van der Waals surface area contributed by atoms with E-state index in [1.807, 2.05) is 0 Å². The minimum absolute atomic E-state index is 0. The van der Waals surface area contributed by atoms with Crippen LogP contribution in [0.2, 0.25) is 39.3 Å². The molecule has 0 saturated carbocycles. The molecule has 0 spiro atoms. The number of hydrogen-bond acceptors (Lipinski definition) is 0. The molecule has 78 valence electrons. The van der Waals surface area contributed by atoms with Gasteiger partial charge in [-0.3, -0.25) is 6.08 Å². The van der Waals surface area contributed by atoms with E-state index in [1.165, 1.54) is 0 Å². The molecular formula is C11H21Si2Ti-. The Bertz CT molecular complexity index is 236. The standard InChI is InChI=1S/C11H21Si2.Ti/c1-12(2,3)10-8-7-9-11(10)13(4,5)6;/h8H,7H2,1-6H3;/q-1;. The maximum atomic E-state index is 3.57. The first-order chi connectivity index (χ1) is 5.73. The zero-order valence-corrected chi connectivity index (χ0v) is 13.8. The third-order valence-electron chi connectivity index (χ3n) is 2.41. The zero-order chi connectivity index (χ0) is 10.3. The summed E-state index contributed by atoms with van der Waals surface area (Å²) >= 11 is 0. The Labute approximate surface area is 106 Å². The van der Waals surface area contributed by atoms with Crippen LogP contribution in [0.25, 0.3) is 0 Å². The van der Waals surface area contributed by atoms with Gasteiger partial charge >= 0.3 is 0 Å². The van der Waals surface area contributed by atoms with Crippen LogP contribution in [-0.2, 0) is 21.7 Å². The molecule has 0 atom stereocenters. The Morgan fingerprint density at radius 1 is 1.00 bits per heavy atom. The first-order valence-corrected chi connectivity index (χ1v) is 12.1. The third kappa shape index (κ3) is 3.33. The summed E-state index contributed by atoms with van der Waals surface area (Å²) in [4.78, 5) is 0. The van der Waals surface area contributed by atoms with Crippen LogP contribution in [0.4, 0.5) is 0 Å². The van der Waals surface area contributed by atoms with Crippen LogP contribution in [0.15, 0.2) is 16.5 Å². The number of allylic oxidation sites excluding steroid dienone is 4. The van der Waals surface area contributed by atoms with Crippen molar-refractivity contribution in [1.29, 1.82) is 0 Å². The van der Waals surface area contributed by atoms with Crippen LogP contribution < -0.4 is 0 Å². The predicted octanol–water partition coefficient (Wildman–Crippen LogP) is 3.80. The average Bonchev–Trinajstić information content (AvgIpc) is 2.27. The molecular weight excluding hydrogens is 236 g/mol. The summed E-state index contributed by atoms with van der Waals surface area (Å²) in [5, 5.41) is 3.30. The Morgan fingerprint density at radius 3 is 1.79 bits per heavy atom.